The van der Waals surface area contributed by atoms with Crippen molar-refractivity contribution in [1.29, 1.82) is 0 Å². The number of aromatic nitrogens is 2. The van der Waals surface area contributed by atoms with Crippen LogP contribution in [0.1, 0.15) is 76.7 Å². The van der Waals surface area contributed by atoms with E-state index in [-0.39, 0.29) is 5.41 Å². The number of ketones is 1. The molecule has 0 bridgehead atoms. The molecule has 2 atom stereocenters. The lowest BCUT2D eigenvalue weighted by atomic mass is 9.72. The molecule has 2 fully saturated rings. The lowest BCUT2D eigenvalue weighted by Gasteiger charge is -2.37. The molecule has 5 nitrogen and oxygen atoms in total. The largest absolute Gasteiger partial charge is 0.307 e. The van der Waals surface area contributed by atoms with Gasteiger partial charge in [0.25, 0.3) is 0 Å². The van der Waals surface area contributed by atoms with Crippen LogP contribution in [0.15, 0.2) is 54.0 Å². The van der Waals surface area contributed by atoms with Crippen molar-refractivity contribution in [2.75, 3.05) is 32.7 Å². The standard InChI is InChI=1S/C31H42N4O/c1-31(27-8-10-30-32-15-19-35(30)22-27)14-11-26-21-33(17-13-25(26)20-31)23-29(36)9-7-24-4-3-16-34(18-12-24)28-5-2-6-28/h8,10-11,14-15,19,22,24,28H,2-7,9,12-13,16-18,20-21,23H2,1H3/t24-,31?/m1/s1. The summed E-state index contributed by atoms with van der Waals surface area (Å²) >= 11 is 0. The summed E-state index contributed by atoms with van der Waals surface area (Å²) in [5, 5.41) is 0. The highest BCUT2D eigenvalue weighted by atomic mass is 16.1. The Bertz CT molecular complexity index is 1160. The number of carbonyl (C=O) groups is 1. The van der Waals surface area contributed by atoms with Crippen molar-refractivity contribution >= 4 is 11.4 Å². The fourth-order valence-corrected chi connectivity index (χ4v) is 6.92. The van der Waals surface area contributed by atoms with Crippen LogP contribution in [-0.2, 0) is 10.2 Å². The van der Waals surface area contributed by atoms with E-state index in [4.69, 9.17) is 0 Å². The lowest BCUT2D eigenvalue weighted by molar-refractivity contribution is -0.120. The third-order valence-corrected chi connectivity index (χ3v) is 9.56. The van der Waals surface area contributed by atoms with Crippen molar-refractivity contribution in [3.63, 3.8) is 0 Å². The summed E-state index contributed by atoms with van der Waals surface area (Å²) in [6, 6.07) is 5.22. The normalized spacial score (nSPS) is 28.2. The van der Waals surface area contributed by atoms with Gasteiger partial charge in [0.05, 0.1) is 6.54 Å². The van der Waals surface area contributed by atoms with Crippen LogP contribution in [0.4, 0.5) is 0 Å². The van der Waals surface area contributed by atoms with E-state index in [2.05, 4.69) is 56.6 Å². The van der Waals surface area contributed by atoms with Gasteiger partial charge < -0.3 is 9.30 Å². The number of Topliss-reactive ketones (excluding diaryl/α,β-unsaturated/α-hetero) is 1. The SMILES string of the molecule is CC1(c2ccc3nccn3c2)C=CC2=C(CCN(CC(=O)CC[C@H]3CCCN(C4CCC4)CC3)C2)C1. The Hall–Kier alpha value is -2.24. The summed E-state index contributed by atoms with van der Waals surface area (Å²) in [5.74, 6) is 1.19. The minimum Gasteiger partial charge on any atom is -0.307 e. The molecule has 2 aromatic rings. The molecule has 36 heavy (non-hydrogen) atoms. The monoisotopic (exact) mass is 486 g/mol. The number of nitrogens with zero attached hydrogens (tertiary/aromatic N) is 4. The maximum Gasteiger partial charge on any atom is 0.146 e. The van der Waals surface area contributed by atoms with Gasteiger partial charge in [-0.05, 0) is 87.6 Å². The Morgan fingerprint density at radius 3 is 2.89 bits per heavy atom. The van der Waals surface area contributed by atoms with Crippen LogP contribution in [0, 0.1) is 5.92 Å². The molecule has 4 aliphatic rings. The number of likely N-dealkylation sites (tertiary alicyclic amines) is 1. The van der Waals surface area contributed by atoms with E-state index < -0.39 is 0 Å². The van der Waals surface area contributed by atoms with E-state index in [0.717, 1.165) is 56.4 Å². The molecule has 2 aromatic heterocycles. The Labute approximate surface area is 216 Å². The molecule has 0 N–H and O–H groups in total. The first kappa shape index (κ1) is 24.1. The fourth-order valence-electron chi connectivity index (χ4n) is 6.92. The number of fused-ring (bicyclic) bond motifs is 1. The molecule has 1 saturated heterocycles. The minimum atomic E-state index is 0.0161. The number of pyridine rings is 1. The van der Waals surface area contributed by atoms with Gasteiger partial charge in [0, 0.05) is 49.6 Å². The quantitative estimate of drug-likeness (QED) is 0.514. The Morgan fingerprint density at radius 1 is 1.11 bits per heavy atom. The van der Waals surface area contributed by atoms with Gasteiger partial charge in [-0.2, -0.15) is 0 Å². The van der Waals surface area contributed by atoms with Gasteiger partial charge in [0.15, 0.2) is 0 Å². The van der Waals surface area contributed by atoms with Crippen molar-refractivity contribution < 1.29 is 4.79 Å². The van der Waals surface area contributed by atoms with E-state index in [1.165, 1.54) is 62.8 Å². The summed E-state index contributed by atoms with van der Waals surface area (Å²) in [6.07, 6.45) is 23.0. The third-order valence-electron chi connectivity index (χ3n) is 9.56. The molecule has 4 heterocycles. The molecule has 0 spiro atoms. The lowest BCUT2D eigenvalue weighted by Crippen LogP contribution is -2.40. The van der Waals surface area contributed by atoms with Crippen LogP contribution in [0.3, 0.4) is 0 Å². The molecule has 192 valence electrons. The van der Waals surface area contributed by atoms with E-state index in [9.17, 15) is 4.79 Å². The third kappa shape index (κ3) is 5.10. The number of hydrogen-bond acceptors (Lipinski definition) is 4. The number of allylic oxidation sites excluding steroid dienone is 1. The molecular weight excluding hydrogens is 444 g/mol. The smallest absolute Gasteiger partial charge is 0.146 e. The van der Waals surface area contributed by atoms with Crippen LogP contribution in [0.2, 0.25) is 0 Å². The van der Waals surface area contributed by atoms with E-state index in [1.54, 1.807) is 5.57 Å². The summed E-state index contributed by atoms with van der Waals surface area (Å²) in [4.78, 5) is 22.4. The van der Waals surface area contributed by atoms with Crippen LogP contribution < -0.4 is 0 Å². The Morgan fingerprint density at radius 2 is 2.03 bits per heavy atom. The molecule has 6 rings (SSSR count). The molecule has 0 radical (unpaired) electrons. The number of rotatable bonds is 7. The van der Waals surface area contributed by atoms with Crippen LogP contribution in [0.5, 0.6) is 0 Å². The second-order valence-corrected chi connectivity index (χ2v) is 12.1. The van der Waals surface area contributed by atoms with Gasteiger partial charge in [-0.15, -0.1) is 0 Å². The molecule has 1 unspecified atom stereocenters. The van der Waals surface area contributed by atoms with Gasteiger partial charge in [-0.1, -0.05) is 37.1 Å². The second-order valence-electron chi connectivity index (χ2n) is 12.1. The highest BCUT2D eigenvalue weighted by Crippen LogP contribution is 2.40. The molecular formula is C31H42N4O. The predicted molar refractivity (Wildman–Crippen MR) is 145 cm³/mol. The molecule has 0 aromatic carbocycles. The van der Waals surface area contributed by atoms with Crippen molar-refractivity contribution in [2.45, 2.75) is 82.6 Å². The maximum absolute atomic E-state index is 12.9. The van der Waals surface area contributed by atoms with Gasteiger partial charge in [0.1, 0.15) is 11.4 Å². The predicted octanol–water partition coefficient (Wildman–Crippen LogP) is 5.56. The first-order valence-electron chi connectivity index (χ1n) is 14.4. The second kappa shape index (κ2) is 10.3. The van der Waals surface area contributed by atoms with E-state index in [0.29, 0.717) is 12.3 Å². The van der Waals surface area contributed by atoms with Gasteiger partial charge in [-0.25, -0.2) is 4.98 Å². The van der Waals surface area contributed by atoms with Gasteiger partial charge in [0.2, 0.25) is 0 Å². The highest BCUT2D eigenvalue weighted by Gasteiger charge is 2.32. The molecule has 1 saturated carbocycles. The topological polar surface area (TPSA) is 40.9 Å². The van der Waals surface area contributed by atoms with Crippen LogP contribution >= 0.6 is 0 Å². The maximum atomic E-state index is 12.9. The first-order valence-corrected chi connectivity index (χ1v) is 14.4. The summed E-state index contributed by atoms with van der Waals surface area (Å²) < 4.78 is 2.12. The van der Waals surface area contributed by atoms with Crippen molar-refractivity contribution in [2.24, 2.45) is 5.92 Å². The van der Waals surface area contributed by atoms with Crippen LogP contribution in [0.25, 0.3) is 5.65 Å². The zero-order valence-corrected chi connectivity index (χ0v) is 22.0. The Kier molecular flexibility index (Phi) is 6.87. The highest BCUT2D eigenvalue weighted by molar-refractivity contribution is 5.80. The molecule has 0 amide bonds. The molecule has 5 heteroatoms. The van der Waals surface area contributed by atoms with Crippen molar-refractivity contribution in [1.82, 2.24) is 19.2 Å². The fraction of sp³-hybridized carbons (Fsp3) is 0.613. The number of carbonyl (C=O) groups excluding carboxylic acids is 1. The Balaban J connectivity index is 0.990. The molecule has 2 aliphatic heterocycles. The average molecular weight is 487 g/mol. The van der Waals surface area contributed by atoms with Gasteiger partial charge >= 0.3 is 0 Å². The zero-order chi connectivity index (χ0) is 24.5. The number of imidazole rings is 1. The first-order chi connectivity index (χ1) is 17.6. The van der Waals surface area contributed by atoms with Gasteiger partial charge in [-0.3, -0.25) is 9.69 Å². The minimum absolute atomic E-state index is 0.0161. The number of hydrogen-bond donors (Lipinski definition) is 0. The average Bonchev–Trinajstić information content (AvgIpc) is 3.20. The van der Waals surface area contributed by atoms with E-state index in [1.807, 2.05) is 12.4 Å². The molecule has 2 aliphatic carbocycles. The summed E-state index contributed by atoms with van der Waals surface area (Å²) in [6.45, 7) is 7.45. The van der Waals surface area contributed by atoms with E-state index >= 15 is 0 Å². The van der Waals surface area contributed by atoms with Crippen molar-refractivity contribution in [3.8, 4) is 0 Å². The summed E-state index contributed by atoms with van der Waals surface area (Å²) in [5.41, 5.74) is 5.36. The van der Waals surface area contributed by atoms with Crippen molar-refractivity contribution in [3.05, 3.63) is 59.6 Å². The van der Waals surface area contributed by atoms with Crippen LogP contribution in [-0.4, -0.2) is 63.7 Å². The zero-order valence-electron chi connectivity index (χ0n) is 22.0. The summed E-state index contributed by atoms with van der Waals surface area (Å²) in [7, 11) is 0.